The summed E-state index contributed by atoms with van der Waals surface area (Å²) in [6, 6.07) is 12.9. The number of carbonyl (C=O) groups excluding carboxylic acids is 1. The lowest BCUT2D eigenvalue weighted by molar-refractivity contribution is -0.130. The van der Waals surface area contributed by atoms with E-state index in [-0.39, 0.29) is 42.5 Å². The van der Waals surface area contributed by atoms with Gasteiger partial charge in [0.05, 0.1) is 6.04 Å². The third-order valence-corrected chi connectivity index (χ3v) is 4.79. The van der Waals surface area contributed by atoms with Gasteiger partial charge in [0.2, 0.25) is 0 Å². The molecule has 6 nitrogen and oxygen atoms in total. The molecule has 1 atom stereocenters. The molecular weight excluding hydrogens is 538 g/mol. The molecular formula is C21H27Cl2IN4O2. The number of amides is 1. The number of nitrogens with one attached hydrogen (secondary N) is 2. The number of hydrogen-bond donors (Lipinski definition) is 2. The van der Waals surface area contributed by atoms with Crippen LogP contribution >= 0.6 is 47.2 Å². The smallest absolute Gasteiger partial charge is 0.259 e. The summed E-state index contributed by atoms with van der Waals surface area (Å²) < 4.78 is 5.56. The Morgan fingerprint density at radius 1 is 1.20 bits per heavy atom. The Hall–Kier alpha value is -1.71. The van der Waals surface area contributed by atoms with Gasteiger partial charge >= 0.3 is 0 Å². The van der Waals surface area contributed by atoms with Crippen LogP contribution in [0, 0.1) is 0 Å². The molecule has 2 aromatic rings. The summed E-state index contributed by atoms with van der Waals surface area (Å²) in [7, 11) is 5.10. The molecule has 1 unspecified atom stereocenters. The fourth-order valence-electron chi connectivity index (χ4n) is 2.54. The second-order valence-electron chi connectivity index (χ2n) is 6.68. The van der Waals surface area contributed by atoms with E-state index in [4.69, 9.17) is 27.9 Å². The Labute approximate surface area is 205 Å². The highest BCUT2D eigenvalue weighted by Gasteiger charge is 2.12. The Bertz CT molecular complexity index is 878. The van der Waals surface area contributed by atoms with Gasteiger partial charge < -0.3 is 20.3 Å². The summed E-state index contributed by atoms with van der Waals surface area (Å²) in [6.07, 6.45) is 0. The molecule has 0 aromatic heterocycles. The number of likely N-dealkylation sites (N-methyl/N-ethyl adjacent to an activating group) is 1. The first kappa shape index (κ1) is 26.3. The lowest BCUT2D eigenvalue weighted by Gasteiger charge is -2.19. The molecule has 0 bridgehead atoms. The molecule has 0 saturated heterocycles. The van der Waals surface area contributed by atoms with Crippen molar-refractivity contribution in [2.45, 2.75) is 19.5 Å². The van der Waals surface area contributed by atoms with E-state index in [1.54, 1.807) is 27.2 Å². The minimum Gasteiger partial charge on any atom is -0.484 e. The summed E-state index contributed by atoms with van der Waals surface area (Å²) in [5.74, 6) is 1.19. The highest BCUT2D eigenvalue weighted by atomic mass is 127. The van der Waals surface area contributed by atoms with Crippen LogP contribution in [0.5, 0.6) is 5.75 Å². The number of hydrogen-bond acceptors (Lipinski definition) is 3. The van der Waals surface area contributed by atoms with Crippen molar-refractivity contribution in [3.63, 3.8) is 0 Å². The third kappa shape index (κ3) is 8.20. The number of aliphatic imine (C=N–C) groups is 1. The SMILES string of the molecule is CN=C(NCc1cccc(OCC(=O)N(C)C)c1)NC(C)c1ccc(Cl)cc1Cl.I. The van der Waals surface area contributed by atoms with Crippen molar-refractivity contribution in [2.24, 2.45) is 4.99 Å². The van der Waals surface area contributed by atoms with E-state index in [2.05, 4.69) is 15.6 Å². The van der Waals surface area contributed by atoms with Gasteiger partial charge in [-0.25, -0.2) is 0 Å². The van der Waals surface area contributed by atoms with Gasteiger partial charge in [-0.1, -0.05) is 41.4 Å². The second kappa shape index (κ2) is 12.9. The van der Waals surface area contributed by atoms with E-state index >= 15 is 0 Å². The molecule has 0 spiro atoms. The maximum Gasteiger partial charge on any atom is 0.259 e. The highest BCUT2D eigenvalue weighted by Crippen LogP contribution is 2.26. The molecule has 30 heavy (non-hydrogen) atoms. The molecule has 1 amide bonds. The predicted octanol–water partition coefficient (Wildman–Crippen LogP) is 4.50. The van der Waals surface area contributed by atoms with E-state index in [0.29, 0.717) is 28.3 Å². The van der Waals surface area contributed by atoms with Crippen LogP contribution in [0.1, 0.15) is 24.1 Å². The van der Waals surface area contributed by atoms with Crippen LogP contribution < -0.4 is 15.4 Å². The van der Waals surface area contributed by atoms with E-state index in [1.807, 2.05) is 43.3 Å². The van der Waals surface area contributed by atoms with E-state index in [1.165, 1.54) is 4.90 Å². The maximum atomic E-state index is 11.7. The predicted molar refractivity (Wildman–Crippen MR) is 134 cm³/mol. The fraction of sp³-hybridized carbons (Fsp3) is 0.333. The van der Waals surface area contributed by atoms with Crippen molar-refractivity contribution < 1.29 is 9.53 Å². The molecule has 0 aliphatic carbocycles. The summed E-state index contributed by atoms with van der Waals surface area (Å²) in [4.78, 5) is 17.4. The van der Waals surface area contributed by atoms with Crippen LogP contribution in [0.4, 0.5) is 0 Å². The van der Waals surface area contributed by atoms with E-state index in [9.17, 15) is 4.79 Å². The average molecular weight is 565 g/mol. The molecule has 0 radical (unpaired) electrons. The van der Waals surface area contributed by atoms with Gasteiger partial charge in [-0.15, -0.1) is 24.0 Å². The van der Waals surface area contributed by atoms with Crippen LogP contribution in [-0.4, -0.2) is 44.5 Å². The zero-order chi connectivity index (χ0) is 21.4. The monoisotopic (exact) mass is 564 g/mol. The van der Waals surface area contributed by atoms with Gasteiger partial charge in [0.15, 0.2) is 12.6 Å². The summed E-state index contributed by atoms with van der Waals surface area (Å²) >= 11 is 12.3. The lowest BCUT2D eigenvalue weighted by Crippen LogP contribution is -2.38. The van der Waals surface area contributed by atoms with Crippen LogP contribution in [0.3, 0.4) is 0 Å². The number of halogens is 3. The first-order chi connectivity index (χ1) is 13.8. The van der Waals surface area contributed by atoms with Crippen molar-refractivity contribution in [1.29, 1.82) is 0 Å². The fourth-order valence-corrected chi connectivity index (χ4v) is 3.11. The Kier molecular flexibility index (Phi) is 11.3. The topological polar surface area (TPSA) is 66.0 Å². The second-order valence-corrected chi connectivity index (χ2v) is 7.53. The standard InChI is InChI=1S/C21H26Cl2N4O2.HI/c1-14(18-9-8-16(22)11-19(18)23)26-21(24-2)25-12-15-6-5-7-17(10-15)29-13-20(28)27(3)4;/h5-11,14H,12-13H2,1-4H3,(H2,24,25,26);1H. The summed E-state index contributed by atoms with van der Waals surface area (Å²) in [5, 5.41) is 7.78. The lowest BCUT2D eigenvalue weighted by atomic mass is 10.1. The van der Waals surface area contributed by atoms with Crippen molar-refractivity contribution in [3.8, 4) is 5.75 Å². The molecule has 0 fully saturated rings. The van der Waals surface area contributed by atoms with E-state index in [0.717, 1.165) is 11.1 Å². The van der Waals surface area contributed by atoms with Gasteiger partial charge in [0.25, 0.3) is 5.91 Å². The van der Waals surface area contributed by atoms with Gasteiger partial charge in [-0.05, 0) is 42.3 Å². The van der Waals surface area contributed by atoms with Crippen LogP contribution in [0.2, 0.25) is 10.0 Å². The van der Waals surface area contributed by atoms with Crippen LogP contribution in [0.25, 0.3) is 0 Å². The zero-order valence-corrected chi connectivity index (χ0v) is 21.3. The first-order valence-electron chi connectivity index (χ1n) is 9.14. The Morgan fingerprint density at radius 2 is 1.93 bits per heavy atom. The molecule has 0 aliphatic rings. The maximum absolute atomic E-state index is 11.7. The molecule has 2 aromatic carbocycles. The molecule has 2 N–H and O–H groups in total. The molecule has 2 rings (SSSR count). The summed E-state index contributed by atoms with van der Waals surface area (Å²) in [5.41, 5.74) is 1.93. The molecule has 0 heterocycles. The van der Waals surface area contributed by atoms with Gasteiger partial charge in [-0.3, -0.25) is 9.79 Å². The Morgan fingerprint density at radius 3 is 2.57 bits per heavy atom. The number of carbonyl (C=O) groups is 1. The minimum atomic E-state index is -0.0898. The van der Waals surface area contributed by atoms with Crippen LogP contribution in [-0.2, 0) is 11.3 Å². The molecule has 0 saturated carbocycles. The number of rotatable bonds is 7. The molecule has 9 heteroatoms. The molecule has 0 aliphatic heterocycles. The highest BCUT2D eigenvalue weighted by molar-refractivity contribution is 14.0. The number of ether oxygens (including phenoxy) is 1. The molecule has 164 valence electrons. The van der Waals surface area contributed by atoms with Gasteiger partial charge in [0, 0.05) is 37.7 Å². The Balaban J connectivity index is 0.00000450. The minimum absolute atomic E-state index is 0. The number of benzene rings is 2. The number of nitrogens with zero attached hydrogens (tertiary/aromatic N) is 2. The van der Waals surface area contributed by atoms with Crippen molar-refractivity contribution >= 4 is 59.0 Å². The largest absolute Gasteiger partial charge is 0.484 e. The van der Waals surface area contributed by atoms with Gasteiger partial charge in [-0.2, -0.15) is 0 Å². The van der Waals surface area contributed by atoms with E-state index < -0.39 is 0 Å². The first-order valence-corrected chi connectivity index (χ1v) is 9.89. The van der Waals surface area contributed by atoms with Crippen LogP contribution in [0.15, 0.2) is 47.5 Å². The van der Waals surface area contributed by atoms with Crippen molar-refractivity contribution in [1.82, 2.24) is 15.5 Å². The average Bonchev–Trinajstić information content (AvgIpc) is 2.69. The normalized spacial score (nSPS) is 11.9. The van der Waals surface area contributed by atoms with Gasteiger partial charge in [0.1, 0.15) is 5.75 Å². The van der Waals surface area contributed by atoms with Crippen molar-refractivity contribution in [3.05, 3.63) is 63.6 Å². The quantitative estimate of drug-likeness (QED) is 0.295. The zero-order valence-electron chi connectivity index (χ0n) is 17.4. The number of guanidine groups is 1. The summed E-state index contributed by atoms with van der Waals surface area (Å²) in [6.45, 7) is 2.55. The third-order valence-electron chi connectivity index (χ3n) is 4.23. The van der Waals surface area contributed by atoms with Crippen molar-refractivity contribution in [2.75, 3.05) is 27.7 Å².